The molecule has 0 fully saturated rings. The second-order valence-corrected chi connectivity index (χ2v) is 13.9. The number of carboxylic acid groups (broad SMARTS) is 1. The molecule has 9 nitrogen and oxygen atoms in total. The maximum absolute atomic E-state index is 12.9. The van der Waals surface area contributed by atoms with Gasteiger partial charge in [0.1, 0.15) is 12.1 Å². The van der Waals surface area contributed by atoms with E-state index in [-0.39, 0.29) is 30.6 Å². The number of carboxylic acids is 1. The first kappa shape index (κ1) is 43.8. The van der Waals surface area contributed by atoms with Gasteiger partial charge in [0, 0.05) is 25.4 Å². The SMILES string of the molecule is CCCCCCCCCCCCCCCC(=O)N[C@@H](CCC(=O)N[C@H](CCCCNC(C)C)C(=O)NCCCCC(C)C)C(=O)O. The van der Waals surface area contributed by atoms with Gasteiger partial charge >= 0.3 is 5.97 Å². The Morgan fingerprint density at radius 2 is 1.04 bits per heavy atom. The third kappa shape index (κ3) is 28.1. The van der Waals surface area contributed by atoms with Gasteiger partial charge in [-0.2, -0.15) is 0 Å². The van der Waals surface area contributed by atoms with Gasteiger partial charge in [-0.25, -0.2) is 4.79 Å². The molecule has 0 aromatic carbocycles. The van der Waals surface area contributed by atoms with Crippen LogP contribution in [-0.2, 0) is 19.2 Å². The van der Waals surface area contributed by atoms with Gasteiger partial charge < -0.3 is 26.4 Å². The van der Waals surface area contributed by atoms with Gasteiger partial charge in [0.2, 0.25) is 17.7 Å². The minimum absolute atomic E-state index is 0.0205. The van der Waals surface area contributed by atoms with Crippen molar-refractivity contribution in [1.29, 1.82) is 0 Å². The maximum Gasteiger partial charge on any atom is 0.326 e. The minimum Gasteiger partial charge on any atom is -0.480 e. The van der Waals surface area contributed by atoms with Crippen LogP contribution >= 0.6 is 0 Å². The van der Waals surface area contributed by atoms with Crippen LogP contribution in [0.15, 0.2) is 0 Å². The average Bonchev–Trinajstić information content (AvgIpc) is 3.00. The predicted octanol–water partition coefficient (Wildman–Crippen LogP) is 7.41. The van der Waals surface area contributed by atoms with Crippen LogP contribution in [0, 0.1) is 5.92 Å². The first-order valence-corrected chi connectivity index (χ1v) is 18.9. The number of carbonyl (C=O) groups is 4. The van der Waals surface area contributed by atoms with Gasteiger partial charge in [0.15, 0.2) is 0 Å². The molecule has 46 heavy (non-hydrogen) atoms. The molecule has 0 rings (SSSR count). The van der Waals surface area contributed by atoms with Gasteiger partial charge in [-0.15, -0.1) is 0 Å². The number of hydrogen-bond acceptors (Lipinski definition) is 5. The van der Waals surface area contributed by atoms with Crippen LogP contribution in [0.5, 0.6) is 0 Å². The number of amides is 3. The summed E-state index contributed by atoms with van der Waals surface area (Å²) in [5.41, 5.74) is 0. The van der Waals surface area contributed by atoms with E-state index in [1.54, 1.807) is 0 Å². The maximum atomic E-state index is 12.9. The molecule has 5 N–H and O–H groups in total. The molecule has 0 spiro atoms. The van der Waals surface area contributed by atoms with Gasteiger partial charge in [-0.1, -0.05) is 125 Å². The van der Waals surface area contributed by atoms with E-state index in [0.717, 1.165) is 57.9 Å². The van der Waals surface area contributed by atoms with Crippen molar-refractivity contribution in [2.75, 3.05) is 13.1 Å². The van der Waals surface area contributed by atoms with Crippen LogP contribution in [0.4, 0.5) is 0 Å². The Morgan fingerprint density at radius 3 is 1.59 bits per heavy atom. The molecule has 0 radical (unpaired) electrons. The van der Waals surface area contributed by atoms with Crippen molar-refractivity contribution in [1.82, 2.24) is 21.3 Å². The summed E-state index contributed by atoms with van der Waals surface area (Å²) in [7, 11) is 0. The third-order valence-electron chi connectivity index (χ3n) is 8.43. The molecule has 270 valence electrons. The fraction of sp³-hybridized carbons (Fsp3) is 0.892. The second-order valence-electron chi connectivity index (χ2n) is 13.9. The number of aliphatic carboxylic acids is 1. The van der Waals surface area contributed by atoms with Gasteiger partial charge in [0.05, 0.1) is 0 Å². The van der Waals surface area contributed by atoms with Crippen molar-refractivity contribution in [3.05, 3.63) is 0 Å². The minimum atomic E-state index is -1.15. The first-order valence-electron chi connectivity index (χ1n) is 18.9. The van der Waals surface area contributed by atoms with Gasteiger partial charge in [-0.3, -0.25) is 14.4 Å². The van der Waals surface area contributed by atoms with Crippen LogP contribution in [-0.4, -0.2) is 60.0 Å². The highest BCUT2D eigenvalue weighted by molar-refractivity contribution is 5.88. The van der Waals surface area contributed by atoms with E-state index in [1.807, 2.05) is 0 Å². The lowest BCUT2D eigenvalue weighted by molar-refractivity contribution is -0.142. The summed E-state index contributed by atoms with van der Waals surface area (Å²) < 4.78 is 0. The van der Waals surface area contributed by atoms with E-state index in [9.17, 15) is 24.3 Å². The molecular weight excluding hydrogens is 580 g/mol. The standard InChI is InChI=1S/C37H72N4O5/c1-6-7-8-9-10-11-12-13-14-15-16-17-18-25-34(42)41-33(37(45)46)26-27-35(43)40-32(24-20-22-28-38-31(4)5)36(44)39-29-21-19-23-30(2)3/h30-33,38H,6-29H2,1-5H3,(H,39,44)(H,40,43)(H,41,42)(H,45,46)/t32-,33+/m1/s1. The van der Waals surface area contributed by atoms with Gasteiger partial charge in [0.25, 0.3) is 0 Å². The molecule has 3 amide bonds. The lowest BCUT2D eigenvalue weighted by atomic mass is 10.0. The van der Waals surface area contributed by atoms with E-state index in [2.05, 4.69) is 55.9 Å². The summed E-state index contributed by atoms with van der Waals surface area (Å²) in [5, 5.41) is 21.4. The topological polar surface area (TPSA) is 137 Å². The fourth-order valence-corrected chi connectivity index (χ4v) is 5.51. The van der Waals surface area contributed by atoms with Crippen LogP contribution in [0.25, 0.3) is 0 Å². The van der Waals surface area contributed by atoms with Crippen molar-refractivity contribution in [3.8, 4) is 0 Å². The van der Waals surface area contributed by atoms with E-state index >= 15 is 0 Å². The number of rotatable bonds is 32. The van der Waals surface area contributed by atoms with Crippen LogP contribution in [0.3, 0.4) is 0 Å². The Hall–Kier alpha value is -2.16. The molecule has 0 aromatic rings. The molecule has 0 bridgehead atoms. The molecule has 0 aliphatic rings. The van der Waals surface area contributed by atoms with Crippen molar-refractivity contribution >= 4 is 23.7 Å². The first-order chi connectivity index (χ1) is 22.1. The Balaban J connectivity index is 4.44. The zero-order chi connectivity index (χ0) is 34.4. The molecule has 0 saturated carbocycles. The van der Waals surface area contributed by atoms with E-state index < -0.39 is 18.1 Å². The molecule has 0 aliphatic heterocycles. The highest BCUT2D eigenvalue weighted by Crippen LogP contribution is 2.13. The molecule has 0 aliphatic carbocycles. The molecule has 0 unspecified atom stereocenters. The zero-order valence-corrected chi connectivity index (χ0v) is 30.4. The molecule has 0 heterocycles. The van der Waals surface area contributed by atoms with E-state index in [4.69, 9.17) is 0 Å². The summed E-state index contributed by atoms with van der Waals surface area (Å²) in [4.78, 5) is 50.0. The Kier molecular flexibility index (Phi) is 28.8. The quantitative estimate of drug-likeness (QED) is 0.0480. The van der Waals surface area contributed by atoms with Crippen molar-refractivity contribution < 1.29 is 24.3 Å². The molecule has 0 aromatic heterocycles. The monoisotopic (exact) mass is 653 g/mol. The largest absolute Gasteiger partial charge is 0.480 e. The molecule has 0 saturated heterocycles. The smallest absolute Gasteiger partial charge is 0.326 e. The summed E-state index contributed by atoms with van der Waals surface area (Å²) in [6.45, 7) is 12.2. The lowest BCUT2D eigenvalue weighted by Crippen LogP contribution is -2.47. The summed E-state index contributed by atoms with van der Waals surface area (Å²) in [5.74, 6) is -1.39. The number of hydrogen-bond donors (Lipinski definition) is 5. The van der Waals surface area contributed by atoms with Crippen molar-refractivity contribution in [3.63, 3.8) is 0 Å². The van der Waals surface area contributed by atoms with E-state index in [0.29, 0.717) is 31.3 Å². The highest BCUT2D eigenvalue weighted by atomic mass is 16.4. The van der Waals surface area contributed by atoms with Gasteiger partial charge in [-0.05, 0) is 51.0 Å². The second kappa shape index (κ2) is 30.2. The van der Waals surface area contributed by atoms with Crippen molar-refractivity contribution in [2.45, 2.75) is 194 Å². The van der Waals surface area contributed by atoms with Crippen LogP contribution < -0.4 is 21.3 Å². The van der Waals surface area contributed by atoms with Crippen LogP contribution in [0.2, 0.25) is 0 Å². The summed E-state index contributed by atoms with van der Waals surface area (Å²) in [6.07, 6.45) is 21.3. The number of carbonyl (C=O) groups excluding carboxylic acids is 3. The highest BCUT2D eigenvalue weighted by Gasteiger charge is 2.24. The third-order valence-corrected chi connectivity index (χ3v) is 8.43. The predicted molar refractivity (Wildman–Crippen MR) is 190 cm³/mol. The molecular formula is C37H72N4O5. The number of nitrogens with one attached hydrogen (secondary N) is 4. The normalized spacial score (nSPS) is 12.7. The van der Waals surface area contributed by atoms with Crippen molar-refractivity contribution in [2.24, 2.45) is 5.92 Å². The van der Waals surface area contributed by atoms with E-state index in [1.165, 1.54) is 64.2 Å². The summed E-state index contributed by atoms with van der Waals surface area (Å²) in [6, 6.07) is -1.40. The average molecular weight is 653 g/mol. The molecule has 9 heteroatoms. The Morgan fingerprint density at radius 1 is 0.543 bits per heavy atom. The lowest BCUT2D eigenvalue weighted by Gasteiger charge is -2.20. The molecule has 2 atom stereocenters. The van der Waals surface area contributed by atoms with Crippen LogP contribution in [0.1, 0.15) is 176 Å². The fourth-order valence-electron chi connectivity index (χ4n) is 5.51. The Labute approximate surface area is 282 Å². The Bertz CT molecular complexity index is 790. The summed E-state index contributed by atoms with van der Waals surface area (Å²) >= 11 is 0. The zero-order valence-electron chi connectivity index (χ0n) is 30.4. The number of unbranched alkanes of at least 4 members (excludes halogenated alkanes) is 14.